The molecule has 1 heterocycles. The first-order valence-electron chi connectivity index (χ1n) is 11.5. The van der Waals surface area contributed by atoms with Crippen LogP contribution in [0.4, 0.5) is 4.79 Å². The second kappa shape index (κ2) is 9.65. The summed E-state index contributed by atoms with van der Waals surface area (Å²) < 4.78 is 5.60. The molecule has 1 aliphatic heterocycles. The number of benzene rings is 2. The number of hydrogen-bond acceptors (Lipinski definition) is 4. The third-order valence-corrected chi connectivity index (χ3v) is 6.62. The molecule has 1 fully saturated rings. The summed E-state index contributed by atoms with van der Waals surface area (Å²) in [4.78, 5) is 38.9. The van der Waals surface area contributed by atoms with Crippen molar-refractivity contribution in [3.63, 3.8) is 0 Å². The average molecular weight is 451 g/mol. The average Bonchev–Trinajstić information content (AvgIpc) is 3.14. The maximum absolute atomic E-state index is 13.2. The SMILES string of the molecule is CC(C)C(NC(=O)OCC1c2ccccc2-c2ccccc21)C(=O)N1CCCCC1C(=O)O. The molecule has 7 heteroatoms. The standard InChI is InChI=1S/C26H30N2O5/c1-16(2)23(24(29)28-14-8-7-13-22(28)25(30)31)27-26(32)33-15-21-19-11-5-3-9-17(19)18-10-4-6-12-20(18)21/h3-6,9-12,16,21-23H,7-8,13-15H2,1-2H3,(H,27,32)(H,30,31). The van der Waals surface area contributed by atoms with Gasteiger partial charge in [0.05, 0.1) is 0 Å². The van der Waals surface area contributed by atoms with Gasteiger partial charge in [0, 0.05) is 12.5 Å². The zero-order valence-corrected chi connectivity index (χ0v) is 19.0. The van der Waals surface area contributed by atoms with Gasteiger partial charge in [-0.25, -0.2) is 9.59 Å². The Morgan fingerprint density at radius 3 is 2.21 bits per heavy atom. The van der Waals surface area contributed by atoms with Crippen molar-refractivity contribution >= 4 is 18.0 Å². The number of carbonyl (C=O) groups excluding carboxylic acids is 2. The second-order valence-corrected chi connectivity index (χ2v) is 9.07. The maximum Gasteiger partial charge on any atom is 0.407 e. The predicted octanol–water partition coefficient (Wildman–Crippen LogP) is 4.02. The molecule has 4 rings (SSSR count). The number of likely N-dealkylation sites (tertiary alicyclic amines) is 1. The molecule has 0 aromatic heterocycles. The maximum atomic E-state index is 13.2. The summed E-state index contributed by atoms with van der Waals surface area (Å²) in [6, 6.07) is 14.5. The number of carboxylic acids is 1. The lowest BCUT2D eigenvalue weighted by Crippen LogP contribution is -2.57. The van der Waals surface area contributed by atoms with Crippen molar-refractivity contribution in [2.45, 2.75) is 51.1 Å². The lowest BCUT2D eigenvalue weighted by atomic mass is 9.97. The monoisotopic (exact) mass is 450 g/mol. The van der Waals surface area contributed by atoms with E-state index in [-0.39, 0.29) is 24.3 Å². The molecular weight excluding hydrogens is 420 g/mol. The van der Waals surface area contributed by atoms with Crippen molar-refractivity contribution in [2.75, 3.05) is 13.2 Å². The molecule has 2 atom stereocenters. The van der Waals surface area contributed by atoms with Gasteiger partial charge in [0.2, 0.25) is 5.91 Å². The summed E-state index contributed by atoms with van der Waals surface area (Å²) in [6.07, 6.45) is 1.28. The minimum Gasteiger partial charge on any atom is -0.480 e. The Morgan fingerprint density at radius 1 is 1.03 bits per heavy atom. The van der Waals surface area contributed by atoms with Gasteiger partial charge in [-0.05, 0) is 47.4 Å². The number of carbonyl (C=O) groups is 3. The van der Waals surface area contributed by atoms with Crippen LogP contribution >= 0.6 is 0 Å². The number of hydrogen-bond donors (Lipinski definition) is 2. The summed E-state index contributed by atoms with van der Waals surface area (Å²) in [5.74, 6) is -1.67. The van der Waals surface area contributed by atoms with Crippen LogP contribution in [0.1, 0.15) is 50.2 Å². The predicted molar refractivity (Wildman–Crippen MR) is 124 cm³/mol. The van der Waals surface area contributed by atoms with Crippen molar-refractivity contribution in [2.24, 2.45) is 5.92 Å². The minimum absolute atomic E-state index is 0.0742. The molecule has 0 spiro atoms. The highest BCUT2D eigenvalue weighted by molar-refractivity contribution is 5.89. The van der Waals surface area contributed by atoms with Gasteiger partial charge in [0.15, 0.2) is 0 Å². The Labute approximate surface area is 193 Å². The zero-order chi connectivity index (χ0) is 23.5. The topological polar surface area (TPSA) is 95.9 Å². The van der Waals surface area contributed by atoms with Crippen molar-refractivity contribution < 1.29 is 24.2 Å². The van der Waals surface area contributed by atoms with Crippen LogP contribution in [0.5, 0.6) is 0 Å². The quantitative estimate of drug-likeness (QED) is 0.693. The van der Waals surface area contributed by atoms with Crippen molar-refractivity contribution in [3.05, 3.63) is 59.7 Å². The molecule has 0 bridgehead atoms. The van der Waals surface area contributed by atoms with Crippen LogP contribution in [0.25, 0.3) is 11.1 Å². The highest BCUT2D eigenvalue weighted by Gasteiger charge is 2.37. The molecule has 33 heavy (non-hydrogen) atoms. The number of amides is 2. The van der Waals surface area contributed by atoms with Crippen LogP contribution in [0.3, 0.4) is 0 Å². The number of nitrogens with zero attached hydrogens (tertiary/aromatic N) is 1. The molecule has 2 aliphatic rings. The fraction of sp³-hybridized carbons (Fsp3) is 0.423. The summed E-state index contributed by atoms with van der Waals surface area (Å²) in [5, 5.41) is 12.2. The van der Waals surface area contributed by atoms with Gasteiger partial charge >= 0.3 is 12.1 Å². The Balaban J connectivity index is 1.44. The van der Waals surface area contributed by atoms with E-state index in [0.29, 0.717) is 13.0 Å². The fourth-order valence-electron chi connectivity index (χ4n) is 4.91. The first-order valence-corrected chi connectivity index (χ1v) is 11.5. The molecular formula is C26H30N2O5. The summed E-state index contributed by atoms with van der Waals surface area (Å²) >= 11 is 0. The highest BCUT2D eigenvalue weighted by Crippen LogP contribution is 2.44. The number of nitrogens with one attached hydrogen (secondary N) is 1. The second-order valence-electron chi connectivity index (χ2n) is 9.07. The van der Waals surface area contributed by atoms with Crippen molar-refractivity contribution in [1.29, 1.82) is 0 Å². The van der Waals surface area contributed by atoms with Gasteiger partial charge in [0.1, 0.15) is 18.7 Å². The smallest absolute Gasteiger partial charge is 0.407 e. The summed E-state index contributed by atoms with van der Waals surface area (Å²) in [7, 11) is 0. The van der Waals surface area contributed by atoms with E-state index < -0.39 is 24.1 Å². The lowest BCUT2D eigenvalue weighted by Gasteiger charge is -2.36. The van der Waals surface area contributed by atoms with E-state index in [1.807, 2.05) is 50.2 Å². The van der Waals surface area contributed by atoms with E-state index in [4.69, 9.17) is 4.74 Å². The van der Waals surface area contributed by atoms with E-state index in [0.717, 1.165) is 35.1 Å². The van der Waals surface area contributed by atoms with Gasteiger partial charge in [-0.3, -0.25) is 4.79 Å². The minimum atomic E-state index is -1.01. The van der Waals surface area contributed by atoms with E-state index in [2.05, 4.69) is 17.4 Å². The van der Waals surface area contributed by atoms with Crippen molar-refractivity contribution in [1.82, 2.24) is 10.2 Å². The van der Waals surface area contributed by atoms with Crippen LogP contribution in [0.15, 0.2) is 48.5 Å². The Bertz CT molecular complexity index is 1000. The number of piperidine rings is 1. The van der Waals surface area contributed by atoms with Crippen LogP contribution in [-0.4, -0.2) is 53.2 Å². The number of rotatable bonds is 6. The van der Waals surface area contributed by atoms with Crippen LogP contribution in [0, 0.1) is 5.92 Å². The number of ether oxygens (including phenoxy) is 1. The third kappa shape index (κ3) is 4.58. The van der Waals surface area contributed by atoms with Gasteiger partial charge < -0.3 is 20.1 Å². The fourth-order valence-corrected chi connectivity index (χ4v) is 4.91. The largest absolute Gasteiger partial charge is 0.480 e. The molecule has 1 aliphatic carbocycles. The van der Waals surface area contributed by atoms with Gasteiger partial charge in [-0.15, -0.1) is 0 Å². The zero-order valence-electron chi connectivity index (χ0n) is 19.0. The van der Waals surface area contributed by atoms with Gasteiger partial charge in [0.25, 0.3) is 0 Å². The van der Waals surface area contributed by atoms with Gasteiger partial charge in [-0.2, -0.15) is 0 Å². The molecule has 2 N–H and O–H groups in total. The Morgan fingerprint density at radius 2 is 1.64 bits per heavy atom. The summed E-state index contributed by atoms with van der Waals surface area (Å²) in [5.41, 5.74) is 4.51. The molecule has 2 aromatic rings. The molecule has 2 unspecified atom stereocenters. The van der Waals surface area contributed by atoms with Crippen LogP contribution in [-0.2, 0) is 14.3 Å². The molecule has 7 nitrogen and oxygen atoms in total. The third-order valence-electron chi connectivity index (χ3n) is 6.62. The molecule has 2 amide bonds. The Hall–Kier alpha value is -3.35. The van der Waals surface area contributed by atoms with Gasteiger partial charge in [-0.1, -0.05) is 62.4 Å². The Kier molecular flexibility index (Phi) is 6.67. The number of aliphatic carboxylic acids is 1. The van der Waals surface area contributed by atoms with Crippen LogP contribution < -0.4 is 5.32 Å². The van der Waals surface area contributed by atoms with E-state index >= 15 is 0 Å². The number of fused-ring (bicyclic) bond motifs is 3. The highest BCUT2D eigenvalue weighted by atomic mass is 16.5. The molecule has 0 radical (unpaired) electrons. The molecule has 2 aromatic carbocycles. The van der Waals surface area contributed by atoms with E-state index in [1.165, 1.54) is 4.90 Å². The number of carboxylic acid groups (broad SMARTS) is 1. The lowest BCUT2D eigenvalue weighted by molar-refractivity contribution is -0.153. The molecule has 174 valence electrons. The number of alkyl carbamates (subject to hydrolysis) is 1. The molecule has 0 saturated carbocycles. The first-order chi connectivity index (χ1) is 15.9. The molecule has 1 saturated heterocycles. The normalized spacial score (nSPS) is 18.4. The van der Waals surface area contributed by atoms with Crippen molar-refractivity contribution in [3.8, 4) is 11.1 Å². The van der Waals surface area contributed by atoms with Crippen LogP contribution in [0.2, 0.25) is 0 Å². The first kappa shape index (κ1) is 22.8. The van der Waals surface area contributed by atoms with E-state index in [9.17, 15) is 19.5 Å². The summed E-state index contributed by atoms with van der Waals surface area (Å²) in [6.45, 7) is 4.18. The van der Waals surface area contributed by atoms with E-state index in [1.54, 1.807) is 0 Å².